The lowest BCUT2D eigenvalue weighted by Crippen LogP contribution is -2.41. The number of aromatic nitrogens is 5. The molecule has 2 heterocycles. The lowest BCUT2D eigenvalue weighted by molar-refractivity contribution is 0.0133. The van der Waals surface area contributed by atoms with E-state index in [1.807, 2.05) is 24.6 Å². The highest BCUT2D eigenvalue weighted by molar-refractivity contribution is 7.99. The monoisotopic (exact) mass is 393 g/mol. The summed E-state index contributed by atoms with van der Waals surface area (Å²) >= 11 is 1.44. The molecule has 3 rings (SSSR count). The summed E-state index contributed by atoms with van der Waals surface area (Å²) in [6.07, 6.45) is 6.41. The van der Waals surface area contributed by atoms with Gasteiger partial charge in [0.2, 0.25) is 0 Å². The molecule has 0 aliphatic heterocycles. The van der Waals surface area contributed by atoms with E-state index < -0.39 is 22.5 Å². The minimum absolute atomic E-state index is 0.00800. The number of hydrogen-bond donors (Lipinski definition) is 1. The lowest BCUT2D eigenvalue weighted by atomic mass is 9.90. The Hall–Kier alpha value is -2.26. The average Bonchev–Trinajstić information content (AvgIpc) is 3.30. The Morgan fingerprint density at radius 2 is 2.15 bits per heavy atom. The van der Waals surface area contributed by atoms with E-state index in [4.69, 9.17) is 0 Å². The van der Waals surface area contributed by atoms with Gasteiger partial charge >= 0.3 is 0 Å². The fourth-order valence-electron chi connectivity index (χ4n) is 2.94. The van der Waals surface area contributed by atoms with E-state index in [2.05, 4.69) is 15.1 Å². The molecule has 0 unspecified atom stereocenters. The van der Waals surface area contributed by atoms with Crippen LogP contribution in [0, 0.1) is 11.6 Å². The molecule has 0 saturated heterocycles. The van der Waals surface area contributed by atoms with Crippen molar-refractivity contribution in [3.8, 4) is 0 Å². The summed E-state index contributed by atoms with van der Waals surface area (Å²) in [5.41, 5.74) is -1.59. The van der Waals surface area contributed by atoms with Gasteiger partial charge in [0.05, 0.1) is 12.3 Å². The first-order chi connectivity index (χ1) is 12.9. The lowest BCUT2D eigenvalue weighted by Gasteiger charge is -2.34. The zero-order valence-electron chi connectivity index (χ0n) is 15.1. The number of nitrogens with zero attached hydrogens (tertiary/aromatic N) is 5. The molecular weight excluding hydrogens is 372 g/mol. The first kappa shape index (κ1) is 19.5. The van der Waals surface area contributed by atoms with Gasteiger partial charge in [0, 0.05) is 35.8 Å². The maximum absolute atomic E-state index is 14.5. The van der Waals surface area contributed by atoms with Crippen LogP contribution in [0.3, 0.4) is 0 Å². The third-order valence-corrected chi connectivity index (χ3v) is 5.86. The molecule has 2 atom stereocenters. The zero-order valence-corrected chi connectivity index (χ0v) is 15.9. The van der Waals surface area contributed by atoms with Gasteiger partial charge in [0.1, 0.15) is 35.7 Å². The van der Waals surface area contributed by atoms with Gasteiger partial charge in [-0.05, 0) is 13.0 Å². The largest absolute Gasteiger partial charge is 0.382 e. The molecule has 6 nitrogen and oxygen atoms in total. The normalized spacial score (nSPS) is 14.9. The number of benzene rings is 1. The molecule has 1 N–H and O–H groups in total. The van der Waals surface area contributed by atoms with Gasteiger partial charge in [-0.1, -0.05) is 13.0 Å². The van der Waals surface area contributed by atoms with E-state index in [1.165, 1.54) is 35.2 Å². The molecule has 0 radical (unpaired) electrons. The minimum atomic E-state index is -1.61. The molecule has 3 aromatic rings. The van der Waals surface area contributed by atoms with Gasteiger partial charge in [-0.2, -0.15) is 5.10 Å². The van der Waals surface area contributed by atoms with Crippen LogP contribution in [-0.2, 0) is 24.4 Å². The van der Waals surface area contributed by atoms with Crippen molar-refractivity contribution >= 4 is 11.8 Å². The van der Waals surface area contributed by atoms with Gasteiger partial charge in [-0.3, -0.25) is 0 Å². The van der Waals surface area contributed by atoms with Crippen molar-refractivity contribution in [1.29, 1.82) is 0 Å². The molecule has 0 amide bonds. The van der Waals surface area contributed by atoms with Crippen molar-refractivity contribution in [3.05, 3.63) is 66.3 Å². The summed E-state index contributed by atoms with van der Waals surface area (Å²) in [7, 11) is 0. The Morgan fingerprint density at radius 3 is 2.81 bits per heavy atom. The smallest absolute Gasteiger partial charge is 0.137 e. The molecule has 9 heteroatoms. The van der Waals surface area contributed by atoms with E-state index in [9.17, 15) is 13.9 Å². The summed E-state index contributed by atoms with van der Waals surface area (Å²) in [5, 5.41) is 15.0. The maximum atomic E-state index is 14.5. The molecule has 27 heavy (non-hydrogen) atoms. The summed E-state index contributed by atoms with van der Waals surface area (Å²) in [6, 6.07) is 3.21. The Balaban J connectivity index is 1.88. The summed E-state index contributed by atoms with van der Waals surface area (Å²) in [6.45, 7) is 4.61. The number of halogens is 2. The molecule has 0 aliphatic carbocycles. The van der Waals surface area contributed by atoms with Crippen LogP contribution >= 0.6 is 11.8 Å². The molecule has 0 spiro atoms. The third kappa shape index (κ3) is 4.19. The second-order valence-electron chi connectivity index (χ2n) is 6.22. The second-order valence-corrected chi connectivity index (χ2v) is 7.55. The number of rotatable bonds is 8. The van der Waals surface area contributed by atoms with Crippen LogP contribution in [0.15, 0.2) is 43.2 Å². The first-order valence-corrected chi connectivity index (χ1v) is 9.61. The molecule has 1 aromatic carbocycles. The van der Waals surface area contributed by atoms with Crippen LogP contribution in [-0.4, -0.2) is 34.7 Å². The topological polar surface area (TPSA) is 68.8 Å². The number of aliphatic hydroxyl groups is 1. The van der Waals surface area contributed by atoms with Crippen molar-refractivity contribution in [3.63, 3.8) is 0 Å². The maximum Gasteiger partial charge on any atom is 0.137 e. The Kier molecular flexibility index (Phi) is 5.91. The molecule has 0 fully saturated rings. The fourth-order valence-corrected chi connectivity index (χ4v) is 4.06. The number of aryl methyl sites for hydroxylation is 1. The average molecular weight is 393 g/mol. The zero-order chi connectivity index (χ0) is 19.4. The quantitative estimate of drug-likeness (QED) is 0.637. The number of thioether (sulfide) groups is 1. The highest BCUT2D eigenvalue weighted by Crippen LogP contribution is 2.37. The predicted molar refractivity (Wildman–Crippen MR) is 98.9 cm³/mol. The van der Waals surface area contributed by atoms with Gasteiger partial charge in [0.15, 0.2) is 0 Å². The van der Waals surface area contributed by atoms with Gasteiger partial charge in [-0.15, -0.1) is 11.8 Å². The Bertz CT molecular complexity index is 886. The molecule has 0 bridgehead atoms. The van der Waals surface area contributed by atoms with Crippen molar-refractivity contribution in [2.24, 2.45) is 0 Å². The van der Waals surface area contributed by atoms with Gasteiger partial charge in [0.25, 0.3) is 0 Å². The van der Waals surface area contributed by atoms with Crippen LogP contribution in [0.1, 0.15) is 25.2 Å². The predicted octanol–water partition coefficient (Wildman–Crippen LogP) is 2.98. The Labute approximate surface area is 160 Å². The van der Waals surface area contributed by atoms with Crippen LogP contribution in [0.2, 0.25) is 0 Å². The highest BCUT2D eigenvalue weighted by Gasteiger charge is 2.39. The molecule has 0 aliphatic rings. The molecular formula is C18H21F2N5OS. The summed E-state index contributed by atoms with van der Waals surface area (Å²) in [5.74, 6) is -0.0633. The van der Waals surface area contributed by atoms with Crippen molar-refractivity contribution < 1.29 is 13.9 Å². The molecule has 2 aromatic heterocycles. The van der Waals surface area contributed by atoms with Crippen LogP contribution in [0.5, 0.6) is 0 Å². The summed E-state index contributed by atoms with van der Waals surface area (Å²) in [4.78, 5) is 8.20. The van der Waals surface area contributed by atoms with Crippen molar-refractivity contribution in [2.45, 2.75) is 43.5 Å². The van der Waals surface area contributed by atoms with E-state index >= 15 is 0 Å². The van der Waals surface area contributed by atoms with E-state index in [1.54, 1.807) is 6.20 Å². The van der Waals surface area contributed by atoms with Gasteiger partial charge in [-0.25, -0.2) is 23.4 Å². The van der Waals surface area contributed by atoms with Crippen molar-refractivity contribution in [2.75, 3.05) is 0 Å². The third-order valence-electron chi connectivity index (χ3n) is 4.54. The SMILES string of the molecule is CCn1ccnc1CS[C@H](C)[C@](O)(Cn1cncn1)c1ccc(F)cc1F. The van der Waals surface area contributed by atoms with Crippen LogP contribution in [0.25, 0.3) is 0 Å². The van der Waals surface area contributed by atoms with E-state index in [0.29, 0.717) is 5.75 Å². The first-order valence-electron chi connectivity index (χ1n) is 8.56. The fraction of sp³-hybridized carbons (Fsp3) is 0.389. The van der Waals surface area contributed by atoms with Crippen LogP contribution in [0.4, 0.5) is 8.78 Å². The van der Waals surface area contributed by atoms with Crippen molar-refractivity contribution in [1.82, 2.24) is 24.3 Å². The van der Waals surface area contributed by atoms with E-state index in [0.717, 1.165) is 24.5 Å². The summed E-state index contributed by atoms with van der Waals surface area (Å²) < 4.78 is 31.3. The van der Waals surface area contributed by atoms with E-state index in [-0.39, 0.29) is 12.1 Å². The minimum Gasteiger partial charge on any atom is -0.382 e. The molecule has 0 saturated carbocycles. The Morgan fingerprint density at radius 1 is 1.33 bits per heavy atom. The van der Waals surface area contributed by atoms with Crippen LogP contribution < -0.4 is 0 Å². The number of imidazole rings is 1. The molecule has 144 valence electrons. The number of hydrogen-bond acceptors (Lipinski definition) is 5. The van der Waals surface area contributed by atoms with Gasteiger partial charge < -0.3 is 9.67 Å². The highest BCUT2D eigenvalue weighted by atomic mass is 32.2. The second kappa shape index (κ2) is 8.18. The standard InChI is InChI=1S/C18H21F2N5OS/c1-3-24-7-6-22-17(24)9-27-13(2)18(26,10-25-12-21-11-23-25)15-5-4-14(19)8-16(15)20/h4-8,11-13,26H,3,9-10H2,1-2H3/t13-,18-/m1/s1.